The average molecular weight is 440 g/mol. The van der Waals surface area contributed by atoms with Gasteiger partial charge in [-0.3, -0.25) is 0 Å². The van der Waals surface area contributed by atoms with Crippen molar-refractivity contribution in [3.8, 4) is 5.75 Å². The summed E-state index contributed by atoms with van der Waals surface area (Å²) in [6, 6.07) is 14.4. The van der Waals surface area contributed by atoms with E-state index < -0.39 is 0 Å². The van der Waals surface area contributed by atoms with Crippen molar-refractivity contribution in [2.75, 3.05) is 45.2 Å². The van der Waals surface area contributed by atoms with Crippen LogP contribution in [-0.2, 0) is 6.42 Å². The molecule has 2 aromatic rings. The number of rotatable bonds is 6. The Morgan fingerprint density at radius 1 is 1.06 bits per heavy atom. The number of halogens is 1. The van der Waals surface area contributed by atoms with Gasteiger partial charge in [0.05, 0.1) is 7.11 Å². The van der Waals surface area contributed by atoms with E-state index in [2.05, 4.69) is 10.2 Å². The van der Waals surface area contributed by atoms with E-state index in [-0.39, 0.29) is 11.8 Å². The third kappa shape index (κ3) is 6.22. The second-order valence-electron chi connectivity index (χ2n) is 9.19. The number of carbonyl (C=O) groups is 1. The summed E-state index contributed by atoms with van der Waals surface area (Å²) in [5.74, 6) is 1.77. The number of likely N-dealkylation sites (tertiary alicyclic amines) is 2. The van der Waals surface area contributed by atoms with Crippen LogP contribution in [0.1, 0.15) is 31.2 Å². The Morgan fingerprint density at radius 3 is 2.59 bits per heavy atom. The van der Waals surface area contributed by atoms with Crippen molar-refractivity contribution in [1.29, 1.82) is 0 Å². The molecule has 1 atom stereocenters. The fourth-order valence-corrected chi connectivity index (χ4v) is 4.99. The number of amides is 2. The van der Waals surface area contributed by atoms with Gasteiger partial charge in [0, 0.05) is 31.4 Å². The molecule has 2 fully saturated rings. The second kappa shape index (κ2) is 10.8. The molecule has 172 valence electrons. The lowest BCUT2D eigenvalue weighted by molar-refractivity contribution is 0.121. The summed E-state index contributed by atoms with van der Waals surface area (Å²) in [5, 5.41) is 3.01. The predicted molar refractivity (Wildman–Crippen MR) is 126 cm³/mol. The largest absolute Gasteiger partial charge is 0.497 e. The summed E-state index contributed by atoms with van der Waals surface area (Å²) >= 11 is 0. The number of anilines is 1. The molecule has 2 saturated heterocycles. The van der Waals surface area contributed by atoms with Gasteiger partial charge >= 0.3 is 6.03 Å². The molecule has 2 amide bonds. The molecule has 5 nitrogen and oxygen atoms in total. The topological polar surface area (TPSA) is 44.8 Å². The van der Waals surface area contributed by atoms with Crippen LogP contribution in [0.4, 0.5) is 14.9 Å². The zero-order valence-corrected chi connectivity index (χ0v) is 18.9. The molecule has 2 heterocycles. The molecule has 0 bridgehead atoms. The molecular weight excluding hydrogens is 405 g/mol. The van der Waals surface area contributed by atoms with E-state index in [4.69, 9.17) is 4.74 Å². The van der Waals surface area contributed by atoms with E-state index in [0.29, 0.717) is 11.8 Å². The monoisotopic (exact) mass is 439 g/mol. The highest BCUT2D eigenvalue weighted by Gasteiger charge is 2.27. The van der Waals surface area contributed by atoms with Crippen LogP contribution in [0, 0.1) is 17.7 Å². The zero-order chi connectivity index (χ0) is 22.3. The van der Waals surface area contributed by atoms with Crippen LogP contribution in [0.3, 0.4) is 0 Å². The van der Waals surface area contributed by atoms with Gasteiger partial charge in [0.1, 0.15) is 11.6 Å². The Labute approximate surface area is 190 Å². The maximum Gasteiger partial charge on any atom is 0.321 e. The Bertz CT molecular complexity index is 881. The van der Waals surface area contributed by atoms with E-state index in [1.807, 2.05) is 41.3 Å². The minimum Gasteiger partial charge on any atom is -0.497 e. The molecule has 0 aromatic heterocycles. The van der Waals surface area contributed by atoms with Crippen molar-refractivity contribution in [2.45, 2.75) is 32.1 Å². The number of nitrogens with zero attached hydrogens (tertiary/aromatic N) is 2. The summed E-state index contributed by atoms with van der Waals surface area (Å²) in [6.45, 7) is 4.90. The van der Waals surface area contributed by atoms with E-state index in [1.54, 1.807) is 19.2 Å². The number of hydrogen-bond donors (Lipinski definition) is 1. The van der Waals surface area contributed by atoms with Gasteiger partial charge in [-0.15, -0.1) is 0 Å². The first-order valence-corrected chi connectivity index (χ1v) is 11.8. The molecule has 4 rings (SSSR count). The fourth-order valence-electron chi connectivity index (χ4n) is 4.99. The van der Waals surface area contributed by atoms with E-state index in [9.17, 15) is 9.18 Å². The third-order valence-electron chi connectivity index (χ3n) is 6.79. The van der Waals surface area contributed by atoms with Crippen molar-refractivity contribution < 1.29 is 13.9 Å². The number of hydrogen-bond acceptors (Lipinski definition) is 3. The van der Waals surface area contributed by atoms with E-state index in [1.165, 1.54) is 24.8 Å². The van der Waals surface area contributed by atoms with Gasteiger partial charge in [0.25, 0.3) is 0 Å². The average Bonchev–Trinajstić information content (AvgIpc) is 2.82. The third-order valence-corrected chi connectivity index (χ3v) is 6.79. The Kier molecular flexibility index (Phi) is 7.63. The van der Waals surface area contributed by atoms with Crippen LogP contribution in [0.25, 0.3) is 0 Å². The van der Waals surface area contributed by atoms with Crippen LogP contribution < -0.4 is 10.1 Å². The van der Waals surface area contributed by atoms with Crippen molar-refractivity contribution >= 4 is 11.7 Å². The molecule has 0 saturated carbocycles. The fraction of sp³-hybridized carbons (Fsp3) is 0.500. The number of ether oxygens (including phenoxy) is 1. The van der Waals surface area contributed by atoms with Crippen molar-refractivity contribution in [1.82, 2.24) is 9.80 Å². The maximum absolute atomic E-state index is 13.1. The standard InChI is InChI=1S/C26H34FN3O2/c1-32-25-6-2-5-24(17-25)28-26(31)30-13-3-4-22(19-30)18-29-14-11-21(12-15-29)16-20-7-9-23(27)10-8-20/h2,5-10,17,21-22H,3-4,11-16,18-19H2,1H3,(H,28,31). The van der Waals surface area contributed by atoms with Crippen LogP contribution in [0.15, 0.2) is 48.5 Å². The smallest absolute Gasteiger partial charge is 0.321 e. The van der Waals surface area contributed by atoms with Gasteiger partial charge < -0.3 is 19.9 Å². The van der Waals surface area contributed by atoms with Gasteiger partial charge in [-0.05, 0) is 86.9 Å². The lowest BCUT2D eigenvalue weighted by Gasteiger charge is -2.38. The lowest BCUT2D eigenvalue weighted by atomic mass is 9.89. The van der Waals surface area contributed by atoms with Crippen LogP contribution in [0.5, 0.6) is 5.75 Å². The number of carbonyl (C=O) groups excluding carboxylic acids is 1. The van der Waals surface area contributed by atoms with E-state index >= 15 is 0 Å². The highest BCUT2D eigenvalue weighted by Crippen LogP contribution is 2.25. The molecule has 0 aliphatic carbocycles. The maximum atomic E-state index is 13.1. The quantitative estimate of drug-likeness (QED) is 0.686. The van der Waals surface area contributed by atoms with Gasteiger partial charge in [0.15, 0.2) is 0 Å². The Balaban J connectivity index is 1.22. The van der Waals surface area contributed by atoms with E-state index in [0.717, 1.165) is 57.0 Å². The van der Waals surface area contributed by atoms with Crippen molar-refractivity contribution in [3.63, 3.8) is 0 Å². The number of nitrogens with one attached hydrogen (secondary N) is 1. The predicted octanol–water partition coefficient (Wildman–Crippen LogP) is 5.03. The summed E-state index contributed by atoms with van der Waals surface area (Å²) in [5.41, 5.74) is 1.99. The molecule has 0 radical (unpaired) electrons. The normalized spacial score (nSPS) is 20.2. The summed E-state index contributed by atoms with van der Waals surface area (Å²) in [7, 11) is 1.63. The molecule has 2 aliphatic rings. The second-order valence-corrected chi connectivity index (χ2v) is 9.19. The number of methoxy groups -OCH3 is 1. The summed E-state index contributed by atoms with van der Waals surface area (Å²) in [4.78, 5) is 17.3. The molecule has 6 heteroatoms. The molecule has 32 heavy (non-hydrogen) atoms. The summed E-state index contributed by atoms with van der Waals surface area (Å²) < 4.78 is 18.4. The SMILES string of the molecule is COc1cccc(NC(=O)N2CCCC(CN3CCC(Cc4ccc(F)cc4)CC3)C2)c1. The Morgan fingerprint density at radius 2 is 1.84 bits per heavy atom. The number of urea groups is 1. The highest BCUT2D eigenvalue weighted by atomic mass is 19.1. The first kappa shape index (κ1) is 22.6. The number of piperidine rings is 2. The Hall–Kier alpha value is -2.60. The summed E-state index contributed by atoms with van der Waals surface area (Å²) in [6.07, 6.45) is 5.64. The lowest BCUT2D eigenvalue weighted by Crippen LogP contribution is -2.46. The first-order chi connectivity index (χ1) is 15.6. The minimum atomic E-state index is -0.165. The minimum absolute atomic E-state index is 0.0269. The molecule has 0 spiro atoms. The van der Waals surface area contributed by atoms with Gasteiger partial charge in [-0.25, -0.2) is 9.18 Å². The van der Waals surface area contributed by atoms with Crippen molar-refractivity contribution in [2.24, 2.45) is 11.8 Å². The van der Waals surface area contributed by atoms with Gasteiger partial charge in [0.2, 0.25) is 0 Å². The van der Waals surface area contributed by atoms with Crippen LogP contribution >= 0.6 is 0 Å². The first-order valence-electron chi connectivity index (χ1n) is 11.8. The van der Waals surface area contributed by atoms with Crippen LogP contribution in [0.2, 0.25) is 0 Å². The van der Waals surface area contributed by atoms with Gasteiger partial charge in [-0.2, -0.15) is 0 Å². The van der Waals surface area contributed by atoms with Gasteiger partial charge in [-0.1, -0.05) is 18.2 Å². The molecule has 2 aromatic carbocycles. The molecular formula is C26H34FN3O2. The molecule has 2 aliphatic heterocycles. The molecule has 1 N–H and O–H groups in total. The van der Waals surface area contributed by atoms with Crippen molar-refractivity contribution in [3.05, 3.63) is 59.9 Å². The number of benzene rings is 2. The molecule has 1 unspecified atom stereocenters. The zero-order valence-electron chi connectivity index (χ0n) is 18.9. The highest BCUT2D eigenvalue weighted by molar-refractivity contribution is 5.89. The van der Waals surface area contributed by atoms with Crippen LogP contribution in [-0.4, -0.2) is 55.7 Å².